The predicted molar refractivity (Wildman–Crippen MR) is 82.0 cm³/mol. The molecule has 1 spiro atoms. The molecule has 1 saturated heterocycles. The Morgan fingerprint density at radius 1 is 1.10 bits per heavy atom. The van der Waals surface area contributed by atoms with Crippen molar-refractivity contribution in [1.29, 1.82) is 0 Å². The maximum Gasteiger partial charge on any atom is 0.171 e. The number of ether oxygens (including phenoxy) is 3. The van der Waals surface area contributed by atoms with Crippen molar-refractivity contribution < 1.29 is 14.2 Å². The summed E-state index contributed by atoms with van der Waals surface area (Å²) in [5, 5.41) is 0. The third-order valence-electron chi connectivity index (χ3n) is 3.67. The van der Waals surface area contributed by atoms with Gasteiger partial charge in [0, 0.05) is 12.3 Å². The van der Waals surface area contributed by atoms with Gasteiger partial charge < -0.3 is 14.2 Å². The Kier molecular flexibility index (Phi) is 7.63. The van der Waals surface area contributed by atoms with Crippen LogP contribution in [0.4, 0.5) is 0 Å². The molecule has 3 heteroatoms. The molecule has 1 aromatic carbocycles. The van der Waals surface area contributed by atoms with E-state index in [0.29, 0.717) is 5.92 Å². The summed E-state index contributed by atoms with van der Waals surface area (Å²) in [7, 11) is 1.66. The molecule has 114 valence electrons. The molecule has 1 heterocycles. The van der Waals surface area contributed by atoms with Crippen molar-refractivity contribution in [2.24, 2.45) is 5.92 Å². The average Bonchev–Trinajstić information content (AvgIpc) is 3.14. The summed E-state index contributed by atoms with van der Waals surface area (Å²) in [6.45, 7) is 7.81. The third kappa shape index (κ3) is 4.50. The minimum absolute atomic E-state index is 0.153. The number of hydrogen-bond acceptors (Lipinski definition) is 3. The fourth-order valence-corrected chi connectivity index (χ4v) is 2.58. The van der Waals surface area contributed by atoms with E-state index in [9.17, 15) is 0 Å². The van der Waals surface area contributed by atoms with Gasteiger partial charge in [0.15, 0.2) is 5.79 Å². The molecule has 2 fully saturated rings. The van der Waals surface area contributed by atoms with Gasteiger partial charge in [0.05, 0.1) is 20.3 Å². The molecule has 0 bridgehead atoms. The van der Waals surface area contributed by atoms with Crippen LogP contribution in [0.1, 0.15) is 40.0 Å². The first-order valence-corrected chi connectivity index (χ1v) is 7.64. The highest BCUT2D eigenvalue weighted by molar-refractivity contribution is 5.20. The van der Waals surface area contributed by atoms with E-state index in [4.69, 9.17) is 14.2 Å². The topological polar surface area (TPSA) is 27.7 Å². The zero-order valence-electron chi connectivity index (χ0n) is 13.2. The molecule has 0 unspecified atom stereocenters. The molecular formula is C17H28O3. The van der Waals surface area contributed by atoms with Crippen LogP contribution in [0.15, 0.2) is 30.3 Å². The summed E-state index contributed by atoms with van der Waals surface area (Å²) in [5.74, 6) is 1.36. The van der Waals surface area contributed by atoms with E-state index in [2.05, 4.69) is 6.92 Å². The smallest absolute Gasteiger partial charge is 0.171 e. The Morgan fingerprint density at radius 3 is 2.10 bits per heavy atom. The van der Waals surface area contributed by atoms with Crippen molar-refractivity contribution in [2.45, 2.75) is 45.8 Å². The van der Waals surface area contributed by atoms with Gasteiger partial charge in [0.1, 0.15) is 5.75 Å². The highest BCUT2D eigenvalue weighted by Crippen LogP contribution is 2.41. The monoisotopic (exact) mass is 280 g/mol. The second-order valence-electron chi connectivity index (χ2n) is 4.82. The van der Waals surface area contributed by atoms with E-state index in [1.165, 1.54) is 12.8 Å². The number of rotatable bonds is 1. The van der Waals surface area contributed by atoms with Gasteiger partial charge in [0.2, 0.25) is 0 Å². The lowest BCUT2D eigenvalue weighted by Gasteiger charge is -2.26. The number of methoxy groups -OCH3 is 1. The van der Waals surface area contributed by atoms with Crippen LogP contribution in [0.5, 0.6) is 5.75 Å². The van der Waals surface area contributed by atoms with Gasteiger partial charge >= 0.3 is 0 Å². The second kappa shape index (κ2) is 8.98. The first-order valence-electron chi connectivity index (χ1n) is 7.64. The van der Waals surface area contributed by atoms with Crippen LogP contribution < -0.4 is 4.74 Å². The summed E-state index contributed by atoms with van der Waals surface area (Å²) >= 11 is 0. The lowest BCUT2D eigenvalue weighted by molar-refractivity contribution is -0.177. The van der Waals surface area contributed by atoms with Crippen LogP contribution in [-0.2, 0) is 9.47 Å². The summed E-state index contributed by atoms with van der Waals surface area (Å²) in [6, 6.07) is 9.68. The standard InChI is InChI=1S/C8H14O2.C7H8O.C2H6/c1-7-3-2-4-8(7)9-5-6-10-8;1-8-7-5-3-2-4-6-7;1-2/h7H,2-6H2,1H3;2-6H,1H3;1-2H3/t7-;;/m1../s1. The molecule has 0 amide bonds. The van der Waals surface area contributed by atoms with Gasteiger partial charge in [-0.25, -0.2) is 0 Å². The van der Waals surface area contributed by atoms with Crippen molar-refractivity contribution in [1.82, 2.24) is 0 Å². The molecule has 20 heavy (non-hydrogen) atoms. The van der Waals surface area contributed by atoms with Crippen LogP contribution in [-0.4, -0.2) is 26.1 Å². The van der Waals surface area contributed by atoms with Crippen LogP contribution in [0.2, 0.25) is 0 Å². The minimum atomic E-state index is -0.153. The van der Waals surface area contributed by atoms with Gasteiger partial charge in [-0.2, -0.15) is 0 Å². The van der Waals surface area contributed by atoms with Crippen molar-refractivity contribution in [2.75, 3.05) is 20.3 Å². The third-order valence-corrected chi connectivity index (χ3v) is 3.67. The van der Waals surface area contributed by atoms with Crippen LogP contribution in [0.3, 0.4) is 0 Å². The first-order chi connectivity index (χ1) is 9.77. The molecule has 3 rings (SSSR count). The van der Waals surface area contributed by atoms with E-state index < -0.39 is 0 Å². The van der Waals surface area contributed by atoms with Gasteiger partial charge in [-0.15, -0.1) is 0 Å². The molecular weight excluding hydrogens is 252 g/mol. The number of benzene rings is 1. The van der Waals surface area contributed by atoms with Crippen molar-refractivity contribution in [3.05, 3.63) is 30.3 Å². The lowest BCUT2D eigenvalue weighted by Crippen LogP contribution is -2.32. The lowest BCUT2D eigenvalue weighted by atomic mass is 10.1. The number of para-hydroxylation sites is 1. The van der Waals surface area contributed by atoms with Crippen LogP contribution in [0, 0.1) is 5.92 Å². The fraction of sp³-hybridized carbons (Fsp3) is 0.647. The van der Waals surface area contributed by atoms with Gasteiger partial charge in [-0.1, -0.05) is 39.0 Å². The summed E-state index contributed by atoms with van der Waals surface area (Å²) < 4.78 is 16.1. The fourth-order valence-electron chi connectivity index (χ4n) is 2.58. The molecule has 2 aliphatic rings. The molecule has 1 saturated carbocycles. The summed E-state index contributed by atoms with van der Waals surface area (Å²) in [6.07, 6.45) is 3.63. The maximum absolute atomic E-state index is 5.59. The molecule has 1 atom stereocenters. The minimum Gasteiger partial charge on any atom is -0.497 e. The van der Waals surface area contributed by atoms with E-state index in [0.717, 1.165) is 25.4 Å². The zero-order valence-corrected chi connectivity index (χ0v) is 13.2. The highest BCUT2D eigenvalue weighted by Gasteiger charge is 2.45. The van der Waals surface area contributed by atoms with Crippen LogP contribution in [0.25, 0.3) is 0 Å². The van der Waals surface area contributed by atoms with Gasteiger partial charge in [-0.05, 0) is 25.0 Å². The Hall–Kier alpha value is -1.06. The van der Waals surface area contributed by atoms with E-state index in [1.54, 1.807) is 7.11 Å². The Bertz CT molecular complexity index is 339. The second-order valence-corrected chi connectivity index (χ2v) is 4.82. The maximum atomic E-state index is 5.59. The van der Waals surface area contributed by atoms with Gasteiger partial charge in [-0.3, -0.25) is 0 Å². The van der Waals surface area contributed by atoms with Crippen molar-refractivity contribution in [3.8, 4) is 5.75 Å². The summed E-state index contributed by atoms with van der Waals surface area (Å²) in [4.78, 5) is 0. The van der Waals surface area contributed by atoms with Crippen molar-refractivity contribution >= 4 is 0 Å². The zero-order chi connectivity index (χ0) is 14.8. The first kappa shape index (κ1) is 17.0. The highest BCUT2D eigenvalue weighted by atomic mass is 16.7. The predicted octanol–water partition coefficient (Wildman–Crippen LogP) is 4.27. The van der Waals surface area contributed by atoms with Crippen molar-refractivity contribution in [3.63, 3.8) is 0 Å². The van der Waals surface area contributed by atoms with E-state index >= 15 is 0 Å². The Balaban J connectivity index is 0.000000182. The van der Waals surface area contributed by atoms with Crippen LogP contribution >= 0.6 is 0 Å². The number of hydrogen-bond donors (Lipinski definition) is 0. The molecule has 1 aliphatic heterocycles. The van der Waals surface area contributed by atoms with E-state index in [1.807, 2.05) is 44.2 Å². The van der Waals surface area contributed by atoms with Gasteiger partial charge in [0.25, 0.3) is 0 Å². The molecule has 3 nitrogen and oxygen atoms in total. The molecule has 0 radical (unpaired) electrons. The molecule has 0 aromatic heterocycles. The molecule has 0 N–H and O–H groups in total. The van der Waals surface area contributed by atoms with E-state index in [-0.39, 0.29) is 5.79 Å². The Labute approximate surface area is 123 Å². The summed E-state index contributed by atoms with van der Waals surface area (Å²) in [5.41, 5.74) is 0. The SMILES string of the molecule is CC.COc1ccccc1.C[C@@H]1CCCC12OCCO2. The quantitative estimate of drug-likeness (QED) is 0.769. The molecule has 1 aromatic rings. The normalized spacial score (nSPS) is 22.5. The Morgan fingerprint density at radius 2 is 1.70 bits per heavy atom. The average molecular weight is 280 g/mol. The molecule has 1 aliphatic carbocycles. The largest absolute Gasteiger partial charge is 0.497 e.